The number of benzene rings is 2. The number of nitrogens with zero attached hydrogens (tertiary/aromatic N) is 1. The minimum Gasteiger partial charge on any atom is -0.496 e. The maximum Gasteiger partial charge on any atom is 0.272 e. The van der Waals surface area contributed by atoms with Crippen molar-refractivity contribution in [2.45, 2.75) is 20.5 Å². The van der Waals surface area contributed by atoms with E-state index in [0.717, 1.165) is 16.0 Å². The van der Waals surface area contributed by atoms with Crippen LogP contribution in [0.25, 0.3) is 6.08 Å². The highest BCUT2D eigenvalue weighted by Crippen LogP contribution is 2.26. The lowest BCUT2D eigenvalue weighted by Crippen LogP contribution is -2.00. The minimum absolute atomic E-state index is 0.0388. The van der Waals surface area contributed by atoms with Crippen LogP contribution in [0.4, 0.5) is 5.69 Å². The Morgan fingerprint density at radius 1 is 1.13 bits per heavy atom. The Labute approximate surface area is 178 Å². The van der Waals surface area contributed by atoms with Crippen molar-refractivity contribution in [2.24, 2.45) is 0 Å². The van der Waals surface area contributed by atoms with Gasteiger partial charge in [-0.3, -0.25) is 14.9 Å². The molecule has 0 aliphatic heterocycles. The van der Waals surface area contributed by atoms with Crippen molar-refractivity contribution < 1.29 is 19.2 Å². The van der Waals surface area contributed by atoms with E-state index >= 15 is 0 Å². The molecule has 30 heavy (non-hydrogen) atoms. The number of hydrogen-bond acceptors (Lipinski definition) is 6. The third-order valence-electron chi connectivity index (χ3n) is 4.47. The van der Waals surface area contributed by atoms with Gasteiger partial charge in [0.1, 0.15) is 18.1 Å². The lowest BCUT2D eigenvalue weighted by molar-refractivity contribution is -0.385. The summed E-state index contributed by atoms with van der Waals surface area (Å²) in [7, 11) is 1.58. The summed E-state index contributed by atoms with van der Waals surface area (Å²) in [6.45, 7) is 3.86. The molecule has 1 aromatic heterocycles. The summed E-state index contributed by atoms with van der Waals surface area (Å²) < 4.78 is 11.2. The second-order valence-corrected chi connectivity index (χ2v) is 7.96. The first-order valence-corrected chi connectivity index (χ1v) is 10.0. The fourth-order valence-electron chi connectivity index (χ4n) is 2.92. The highest BCUT2D eigenvalue weighted by atomic mass is 32.1. The van der Waals surface area contributed by atoms with Crippen LogP contribution in [-0.4, -0.2) is 17.8 Å². The van der Waals surface area contributed by atoms with Gasteiger partial charge < -0.3 is 9.47 Å². The van der Waals surface area contributed by atoms with Gasteiger partial charge in [0.15, 0.2) is 5.78 Å². The fourth-order valence-corrected chi connectivity index (χ4v) is 3.71. The molecule has 2 aromatic carbocycles. The Kier molecular flexibility index (Phi) is 6.64. The van der Waals surface area contributed by atoms with Gasteiger partial charge in [-0.2, -0.15) is 0 Å². The van der Waals surface area contributed by atoms with Crippen LogP contribution in [0.1, 0.15) is 31.2 Å². The minimum atomic E-state index is -0.420. The van der Waals surface area contributed by atoms with Crippen LogP contribution in [0.15, 0.2) is 54.6 Å². The highest BCUT2D eigenvalue weighted by molar-refractivity contribution is 7.14. The van der Waals surface area contributed by atoms with Crippen LogP contribution < -0.4 is 9.47 Å². The Morgan fingerprint density at radius 3 is 2.57 bits per heavy atom. The lowest BCUT2D eigenvalue weighted by atomic mass is 10.1. The predicted molar refractivity (Wildman–Crippen MR) is 118 cm³/mol. The number of nitro groups is 1. The van der Waals surface area contributed by atoms with E-state index in [-0.39, 0.29) is 18.1 Å². The van der Waals surface area contributed by atoms with Crippen LogP contribution in [0, 0.1) is 24.0 Å². The highest BCUT2D eigenvalue weighted by Gasteiger charge is 2.12. The van der Waals surface area contributed by atoms with E-state index in [1.807, 2.05) is 37.3 Å². The van der Waals surface area contributed by atoms with Crippen LogP contribution in [-0.2, 0) is 6.61 Å². The van der Waals surface area contributed by atoms with Gasteiger partial charge in [-0.1, -0.05) is 12.1 Å². The van der Waals surface area contributed by atoms with Gasteiger partial charge in [0, 0.05) is 22.1 Å². The van der Waals surface area contributed by atoms with Gasteiger partial charge in [0.2, 0.25) is 0 Å². The Balaban J connectivity index is 1.74. The number of hydrogen-bond donors (Lipinski definition) is 0. The predicted octanol–water partition coefficient (Wildman–Crippen LogP) is 5.76. The van der Waals surface area contributed by atoms with Crippen LogP contribution in [0.3, 0.4) is 0 Å². The van der Waals surface area contributed by atoms with Crippen LogP contribution >= 0.6 is 11.3 Å². The number of allylic oxidation sites excluding steroid dienone is 1. The maximum absolute atomic E-state index is 12.3. The summed E-state index contributed by atoms with van der Waals surface area (Å²) in [5.74, 6) is 1.15. The molecule has 0 saturated carbocycles. The number of aryl methyl sites for hydroxylation is 2. The molecule has 0 amide bonds. The quantitative estimate of drug-likeness (QED) is 0.199. The molecule has 0 spiro atoms. The van der Waals surface area contributed by atoms with E-state index in [1.54, 1.807) is 38.3 Å². The molecule has 0 bridgehead atoms. The average Bonchev–Trinajstić information content (AvgIpc) is 3.16. The normalized spacial score (nSPS) is 10.9. The number of rotatable bonds is 8. The summed E-state index contributed by atoms with van der Waals surface area (Å²) in [4.78, 5) is 24.6. The zero-order chi connectivity index (χ0) is 21.7. The first-order valence-electron chi connectivity index (χ1n) is 9.21. The molecule has 3 rings (SSSR count). The van der Waals surface area contributed by atoms with Gasteiger partial charge in [-0.15, -0.1) is 11.3 Å². The van der Waals surface area contributed by atoms with Gasteiger partial charge in [-0.05, 0) is 61.9 Å². The van der Waals surface area contributed by atoms with Crippen molar-refractivity contribution in [1.29, 1.82) is 0 Å². The van der Waals surface area contributed by atoms with E-state index < -0.39 is 4.92 Å². The zero-order valence-electron chi connectivity index (χ0n) is 16.9. The van der Waals surface area contributed by atoms with Crippen molar-refractivity contribution in [3.63, 3.8) is 0 Å². The van der Waals surface area contributed by atoms with Crippen molar-refractivity contribution in [3.05, 3.63) is 91.2 Å². The second-order valence-electron chi connectivity index (χ2n) is 6.67. The van der Waals surface area contributed by atoms with Crippen molar-refractivity contribution in [3.8, 4) is 11.5 Å². The Bertz CT molecular complexity index is 1120. The molecule has 0 unspecified atom stereocenters. The average molecular weight is 423 g/mol. The molecule has 1 heterocycles. The van der Waals surface area contributed by atoms with Gasteiger partial charge in [-0.25, -0.2) is 0 Å². The Hall–Kier alpha value is -3.45. The molecule has 3 aromatic rings. The van der Waals surface area contributed by atoms with Crippen molar-refractivity contribution in [1.82, 2.24) is 0 Å². The van der Waals surface area contributed by atoms with Gasteiger partial charge in [0.05, 0.1) is 16.9 Å². The standard InChI is InChI=1S/C23H21NO5S/c1-15-12-19(7-8-20(15)24(26)27)29-14-18-13-17(6-10-22(18)28-3)5-9-21(25)23-11-4-16(2)30-23/h4-13H,14H2,1-3H3/b9-5+. The fraction of sp³-hybridized carbons (Fsp3) is 0.174. The van der Waals surface area contributed by atoms with E-state index in [2.05, 4.69) is 0 Å². The number of carbonyl (C=O) groups is 1. The van der Waals surface area contributed by atoms with Gasteiger partial charge in [0.25, 0.3) is 5.69 Å². The molecule has 0 aliphatic carbocycles. The number of nitro benzene ring substituents is 1. The molecule has 154 valence electrons. The third kappa shape index (κ3) is 5.12. The number of methoxy groups -OCH3 is 1. The van der Waals surface area contributed by atoms with E-state index in [1.165, 1.54) is 17.4 Å². The first-order chi connectivity index (χ1) is 14.4. The molecular formula is C23H21NO5S. The topological polar surface area (TPSA) is 78.7 Å². The van der Waals surface area contributed by atoms with E-state index in [9.17, 15) is 14.9 Å². The largest absolute Gasteiger partial charge is 0.496 e. The molecule has 0 aliphatic rings. The lowest BCUT2D eigenvalue weighted by Gasteiger charge is -2.12. The number of thiophene rings is 1. The summed E-state index contributed by atoms with van der Waals surface area (Å²) in [6.07, 6.45) is 3.31. The number of ketones is 1. The molecule has 0 N–H and O–H groups in total. The van der Waals surface area contributed by atoms with Gasteiger partial charge >= 0.3 is 0 Å². The number of carbonyl (C=O) groups excluding carboxylic acids is 1. The molecular weight excluding hydrogens is 402 g/mol. The summed E-state index contributed by atoms with van der Waals surface area (Å²) in [6, 6.07) is 14.0. The second kappa shape index (κ2) is 9.37. The summed E-state index contributed by atoms with van der Waals surface area (Å²) in [5, 5.41) is 11.0. The van der Waals surface area contributed by atoms with E-state index in [4.69, 9.17) is 9.47 Å². The molecule has 0 fully saturated rings. The Morgan fingerprint density at radius 2 is 1.93 bits per heavy atom. The summed E-state index contributed by atoms with van der Waals surface area (Å²) >= 11 is 1.47. The van der Waals surface area contributed by atoms with Crippen molar-refractivity contribution in [2.75, 3.05) is 7.11 Å². The molecule has 0 radical (unpaired) electrons. The monoisotopic (exact) mass is 423 g/mol. The maximum atomic E-state index is 12.3. The molecule has 0 saturated heterocycles. The smallest absolute Gasteiger partial charge is 0.272 e. The van der Waals surface area contributed by atoms with E-state index in [0.29, 0.717) is 21.9 Å². The molecule has 6 nitrogen and oxygen atoms in total. The van der Waals surface area contributed by atoms with Crippen LogP contribution in [0.2, 0.25) is 0 Å². The molecule has 7 heteroatoms. The zero-order valence-corrected chi connectivity index (χ0v) is 17.7. The number of ether oxygens (including phenoxy) is 2. The van der Waals surface area contributed by atoms with Crippen molar-refractivity contribution >= 4 is 28.9 Å². The van der Waals surface area contributed by atoms with Crippen LogP contribution in [0.5, 0.6) is 11.5 Å². The SMILES string of the molecule is COc1ccc(/C=C/C(=O)c2ccc(C)s2)cc1COc1ccc([N+](=O)[O-])c(C)c1. The first kappa shape index (κ1) is 21.3. The third-order valence-corrected chi connectivity index (χ3v) is 5.49. The summed E-state index contributed by atoms with van der Waals surface area (Å²) in [5.41, 5.74) is 2.23. The molecule has 0 atom stereocenters.